The molecule has 7 nitrogen and oxygen atoms in total. The van der Waals surface area contributed by atoms with Crippen molar-refractivity contribution in [3.63, 3.8) is 0 Å². The fraction of sp³-hybridized carbons (Fsp3) is 0.190. The SMILES string of the molecule is COc1cc(I)cc(/C=C2\C(=O)NC(=O)N(c3cc(C)cc(C)c3)C2=O)c1OC. The first-order chi connectivity index (χ1) is 13.7. The van der Waals surface area contributed by atoms with E-state index < -0.39 is 17.8 Å². The molecule has 0 radical (unpaired) electrons. The molecule has 2 aromatic carbocycles. The Labute approximate surface area is 181 Å². The minimum atomic E-state index is -0.783. The van der Waals surface area contributed by atoms with E-state index in [1.165, 1.54) is 20.3 Å². The Morgan fingerprint density at radius 3 is 2.21 bits per heavy atom. The number of carbonyl (C=O) groups excluding carboxylic acids is 3. The lowest BCUT2D eigenvalue weighted by Gasteiger charge is -2.27. The zero-order valence-electron chi connectivity index (χ0n) is 16.3. The molecule has 0 unspecified atom stereocenters. The van der Waals surface area contributed by atoms with Crippen LogP contribution in [0.25, 0.3) is 6.08 Å². The Morgan fingerprint density at radius 1 is 0.966 bits per heavy atom. The van der Waals surface area contributed by atoms with Gasteiger partial charge in [-0.15, -0.1) is 0 Å². The van der Waals surface area contributed by atoms with Gasteiger partial charge in [0.25, 0.3) is 11.8 Å². The lowest BCUT2D eigenvalue weighted by molar-refractivity contribution is -0.122. The van der Waals surface area contributed by atoms with Crippen molar-refractivity contribution >= 4 is 52.2 Å². The minimum Gasteiger partial charge on any atom is -0.493 e. The van der Waals surface area contributed by atoms with Gasteiger partial charge in [0.15, 0.2) is 11.5 Å². The molecule has 1 saturated heterocycles. The summed E-state index contributed by atoms with van der Waals surface area (Å²) in [6, 6.07) is 8.11. The molecule has 0 spiro atoms. The summed E-state index contributed by atoms with van der Waals surface area (Å²) >= 11 is 2.10. The van der Waals surface area contributed by atoms with Crippen LogP contribution in [0, 0.1) is 17.4 Å². The monoisotopic (exact) mass is 506 g/mol. The molecule has 0 aromatic heterocycles. The molecule has 150 valence electrons. The quantitative estimate of drug-likeness (QED) is 0.390. The molecule has 1 fully saturated rings. The van der Waals surface area contributed by atoms with Gasteiger partial charge < -0.3 is 9.47 Å². The lowest BCUT2D eigenvalue weighted by atomic mass is 10.0. The molecule has 1 N–H and O–H groups in total. The van der Waals surface area contributed by atoms with Crippen LogP contribution < -0.4 is 19.7 Å². The van der Waals surface area contributed by atoms with E-state index in [-0.39, 0.29) is 5.57 Å². The van der Waals surface area contributed by atoms with Gasteiger partial charge in [0, 0.05) is 9.13 Å². The van der Waals surface area contributed by atoms with Crippen LogP contribution in [0.4, 0.5) is 10.5 Å². The van der Waals surface area contributed by atoms with Crippen LogP contribution in [0.3, 0.4) is 0 Å². The number of aryl methyl sites for hydroxylation is 2. The molecule has 4 amide bonds. The number of amides is 4. The molecule has 1 aliphatic heterocycles. The molecule has 3 rings (SSSR count). The maximum absolute atomic E-state index is 13.1. The first-order valence-electron chi connectivity index (χ1n) is 8.66. The van der Waals surface area contributed by atoms with E-state index in [2.05, 4.69) is 27.9 Å². The van der Waals surface area contributed by atoms with Crippen molar-refractivity contribution in [3.8, 4) is 11.5 Å². The number of nitrogens with zero attached hydrogens (tertiary/aromatic N) is 1. The number of nitrogens with one attached hydrogen (secondary N) is 1. The van der Waals surface area contributed by atoms with Crippen molar-refractivity contribution in [2.45, 2.75) is 13.8 Å². The van der Waals surface area contributed by atoms with Gasteiger partial charge in [0.2, 0.25) is 0 Å². The van der Waals surface area contributed by atoms with Crippen LogP contribution >= 0.6 is 22.6 Å². The molecule has 2 aromatic rings. The predicted molar refractivity (Wildman–Crippen MR) is 117 cm³/mol. The Hall–Kier alpha value is -2.88. The molecule has 0 atom stereocenters. The third-order valence-corrected chi connectivity index (χ3v) is 4.96. The number of halogens is 1. The Balaban J connectivity index is 2.12. The number of hydrogen-bond donors (Lipinski definition) is 1. The van der Waals surface area contributed by atoms with E-state index in [9.17, 15) is 14.4 Å². The number of carbonyl (C=O) groups is 3. The van der Waals surface area contributed by atoms with Gasteiger partial charge in [-0.05, 0) is 77.9 Å². The highest BCUT2D eigenvalue weighted by Gasteiger charge is 2.37. The number of imide groups is 2. The second-order valence-electron chi connectivity index (χ2n) is 6.53. The molecule has 1 heterocycles. The number of anilines is 1. The van der Waals surface area contributed by atoms with Gasteiger partial charge >= 0.3 is 6.03 Å². The summed E-state index contributed by atoms with van der Waals surface area (Å²) in [7, 11) is 2.98. The van der Waals surface area contributed by atoms with Crippen molar-refractivity contribution in [2.24, 2.45) is 0 Å². The van der Waals surface area contributed by atoms with Crippen LogP contribution in [0.5, 0.6) is 11.5 Å². The fourth-order valence-corrected chi connectivity index (χ4v) is 3.81. The number of rotatable bonds is 4. The van der Waals surface area contributed by atoms with Crippen LogP contribution in [-0.2, 0) is 9.59 Å². The number of hydrogen-bond acceptors (Lipinski definition) is 5. The summed E-state index contributed by atoms with van der Waals surface area (Å²) in [4.78, 5) is 38.9. The minimum absolute atomic E-state index is 0.175. The van der Waals surface area contributed by atoms with Crippen molar-refractivity contribution in [1.29, 1.82) is 0 Å². The molecule has 0 saturated carbocycles. The van der Waals surface area contributed by atoms with Crippen molar-refractivity contribution in [1.82, 2.24) is 5.32 Å². The van der Waals surface area contributed by atoms with E-state index in [1.807, 2.05) is 19.9 Å². The number of urea groups is 1. The van der Waals surface area contributed by atoms with Crippen LogP contribution in [0.2, 0.25) is 0 Å². The molecule has 0 aliphatic carbocycles. The average molecular weight is 506 g/mol. The summed E-state index contributed by atoms with van der Waals surface area (Å²) in [6.07, 6.45) is 1.41. The average Bonchev–Trinajstić information content (AvgIpc) is 2.63. The highest BCUT2D eigenvalue weighted by molar-refractivity contribution is 14.1. The number of methoxy groups -OCH3 is 2. The molecule has 0 bridgehead atoms. The van der Waals surface area contributed by atoms with E-state index in [4.69, 9.17) is 9.47 Å². The fourth-order valence-electron chi connectivity index (χ4n) is 3.19. The Kier molecular flexibility index (Phi) is 5.92. The van der Waals surface area contributed by atoms with Gasteiger partial charge in [0.05, 0.1) is 19.9 Å². The smallest absolute Gasteiger partial charge is 0.335 e. The number of benzene rings is 2. The summed E-state index contributed by atoms with van der Waals surface area (Å²) in [5.41, 5.74) is 2.50. The predicted octanol–water partition coefficient (Wildman–Crippen LogP) is 3.59. The van der Waals surface area contributed by atoms with Crippen LogP contribution in [0.15, 0.2) is 35.9 Å². The van der Waals surface area contributed by atoms with Gasteiger partial charge in [0.1, 0.15) is 5.57 Å². The zero-order chi connectivity index (χ0) is 21.3. The van der Waals surface area contributed by atoms with Crippen molar-refractivity contribution in [2.75, 3.05) is 19.1 Å². The summed E-state index contributed by atoms with van der Waals surface area (Å²) in [6.45, 7) is 3.74. The van der Waals surface area contributed by atoms with Gasteiger partial charge in [-0.25, -0.2) is 9.69 Å². The maximum atomic E-state index is 13.1. The molecule has 8 heteroatoms. The maximum Gasteiger partial charge on any atom is 0.335 e. The highest BCUT2D eigenvalue weighted by Crippen LogP contribution is 2.35. The normalized spacial score (nSPS) is 15.6. The van der Waals surface area contributed by atoms with Crippen LogP contribution in [0.1, 0.15) is 16.7 Å². The highest BCUT2D eigenvalue weighted by atomic mass is 127. The van der Waals surface area contributed by atoms with Crippen molar-refractivity contribution in [3.05, 3.63) is 56.2 Å². The second-order valence-corrected chi connectivity index (χ2v) is 7.78. The Bertz CT molecular complexity index is 1040. The van der Waals surface area contributed by atoms with Gasteiger partial charge in [-0.1, -0.05) is 6.07 Å². The van der Waals surface area contributed by atoms with Crippen LogP contribution in [-0.4, -0.2) is 32.1 Å². The third-order valence-electron chi connectivity index (χ3n) is 4.34. The van der Waals surface area contributed by atoms with Gasteiger partial charge in [-0.2, -0.15) is 0 Å². The summed E-state index contributed by atoms with van der Waals surface area (Å²) in [5, 5.41) is 2.23. The lowest BCUT2D eigenvalue weighted by Crippen LogP contribution is -2.54. The molecule has 1 aliphatic rings. The Morgan fingerprint density at radius 2 is 1.62 bits per heavy atom. The third kappa shape index (κ3) is 4.12. The summed E-state index contributed by atoms with van der Waals surface area (Å²) < 4.78 is 11.6. The summed E-state index contributed by atoms with van der Waals surface area (Å²) in [5.74, 6) is -0.614. The molecule has 29 heavy (non-hydrogen) atoms. The van der Waals surface area contributed by atoms with E-state index in [0.29, 0.717) is 22.7 Å². The van der Waals surface area contributed by atoms with E-state index in [1.54, 1.807) is 24.3 Å². The first-order valence-corrected chi connectivity index (χ1v) is 9.74. The van der Waals surface area contributed by atoms with E-state index in [0.717, 1.165) is 19.6 Å². The van der Waals surface area contributed by atoms with Gasteiger partial charge in [-0.3, -0.25) is 14.9 Å². The second kappa shape index (κ2) is 8.24. The topological polar surface area (TPSA) is 84.9 Å². The zero-order valence-corrected chi connectivity index (χ0v) is 18.5. The number of ether oxygens (including phenoxy) is 2. The number of barbiturate groups is 1. The van der Waals surface area contributed by atoms with Crippen molar-refractivity contribution < 1.29 is 23.9 Å². The molecular weight excluding hydrogens is 487 g/mol. The molecular formula is C21H19IN2O5. The first kappa shape index (κ1) is 20.8. The largest absolute Gasteiger partial charge is 0.493 e. The standard InChI is InChI=1S/C21H19IN2O5/c1-11-5-12(2)7-15(6-11)24-20(26)16(19(25)23-21(24)27)9-13-8-14(22)10-17(28-3)18(13)29-4/h5-10H,1-4H3,(H,23,25,27)/b16-9+. The van der Waals surface area contributed by atoms with E-state index >= 15 is 0 Å².